The minimum absolute atomic E-state index is 0.0241. The Bertz CT molecular complexity index is 514. The highest BCUT2D eigenvalue weighted by Crippen LogP contribution is 2.34. The van der Waals surface area contributed by atoms with E-state index in [4.69, 9.17) is 5.73 Å². The van der Waals surface area contributed by atoms with Crippen molar-refractivity contribution in [2.24, 2.45) is 0 Å². The SMILES string of the molecule is CN(C)C(=O)c1ccc(N)cc1N1CCSC(C)(C)C1. The topological polar surface area (TPSA) is 49.6 Å². The van der Waals surface area contributed by atoms with Gasteiger partial charge in [-0.3, -0.25) is 4.79 Å². The lowest BCUT2D eigenvalue weighted by molar-refractivity contribution is 0.0828. The number of amides is 1. The Morgan fingerprint density at radius 1 is 1.40 bits per heavy atom. The molecular weight excluding hydrogens is 270 g/mol. The quantitative estimate of drug-likeness (QED) is 0.850. The van der Waals surface area contributed by atoms with Crippen LogP contribution in [0, 0.1) is 0 Å². The van der Waals surface area contributed by atoms with Crippen molar-refractivity contribution >= 4 is 29.0 Å². The Kier molecular flexibility index (Phi) is 4.18. The summed E-state index contributed by atoms with van der Waals surface area (Å²) in [5.41, 5.74) is 8.31. The minimum atomic E-state index is 0.0241. The molecule has 0 atom stereocenters. The average molecular weight is 293 g/mol. The third kappa shape index (κ3) is 3.20. The second kappa shape index (κ2) is 5.56. The van der Waals surface area contributed by atoms with E-state index >= 15 is 0 Å². The highest BCUT2D eigenvalue weighted by atomic mass is 32.2. The number of hydrogen-bond donors (Lipinski definition) is 1. The summed E-state index contributed by atoms with van der Waals surface area (Å²) in [4.78, 5) is 16.2. The van der Waals surface area contributed by atoms with Gasteiger partial charge in [0, 0.05) is 43.4 Å². The van der Waals surface area contributed by atoms with Crippen molar-refractivity contribution in [2.45, 2.75) is 18.6 Å². The molecule has 1 heterocycles. The molecule has 2 N–H and O–H groups in total. The number of benzene rings is 1. The fourth-order valence-electron chi connectivity index (χ4n) is 2.45. The smallest absolute Gasteiger partial charge is 0.255 e. The molecule has 1 fully saturated rings. The zero-order chi connectivity index (χ0) is 14.9. The Labute approximate surface area is 125 Å². The minimum Gasteiger partial charge on any atom is -0.399 e. The van der Waals surface area contributed by atoms with E-state index in [1.165, 1.54) is 0 Å². The molecule has 1 aromatic carbocycles. The first-order valence-electron chi connectivity index (χ1n) is 6.80. The van der Waals surface area contributed by atoms with Crippen molar-refractivity contribution in [2.75, 3.05) is 43.6 Å². The molecule has 2 rings (SSSR count). The maximum atomic E-state index is 12.3. The summed E-state index contributed by atoms with van der Waals surface area (Å²) in [6, 6.07) is 5.55. The molecule has 0 saturated carbocycles. The molecule has 4 nitrogen and oxygen atoms in total. The van der Waals surface area contributed by atoms with Crippen LogP contribution in [0.15, 0.2) is 18.2 Å². The highest BCUT2D eigenvalue weighted by molar-refractivity contribution is 8.00. The first-order valence-corrected chi connectivity index (χ1v) is 7.79. The van der Waals surface area contributed by atoms with Crippen molar-refractivity contribution in [3.05, 3.63) is 23.8 Å². The molecule has 0 aromatic heterocycles. The Balaban J connectivity index is 2.39. The molecule has 0 radical (unpaired) electrons. The van der Waals surface area contributed by atoms with Gasteiger partial charge in [-0.25, -0.2) is 0 Å². The van der Waals surface area contributed by atoms with Gasteiger partial charge in [0.25, 0.3) is 5.91 Å². The maximum Gasteiger partial charge on any atom is 0.255 e. The van der Waals surface area contributed by atoms with Crippen LogP contribution in [0.2, 0.25) is 0 Å². The van der Waals surface area contributed by atoms with Gasteiger partial charge in [0.05, 0.1) is 11.3 Å². The van der Waals surface area contributed by atoms with Crippen molar-refractivity contribution in [3.63, 3.8) is 0 Å². The number of nitrogens with two attached hydrogens (primary N) is 1. The fourth-order valence-corrected chi connectivity index (χ4v) is 3.57. The molecule has 20 heavy (non-hydrogen) atoms. The lowest BCUT2D eigenvalue weighted by Gasteiger charge is -2.39. The first kappa shape index (κ1) is 15.0. The molecular formula is C15H23N3OS. The van der Waals surface area contributed by atoms with Crippen LogP contribution >= 0.6 is 11.8 Å². The van der Waals surface area contributed by atoms with Gasteiger partial charge >= 0.3 is 0 Å². The number of rotatable bonds is 2. The standard InChI is InChI=1S/C15H23N3OS/c1-15(2)10-18(7-8-20-15)13-9-11(16)5-6-12(13)14(19)17(3)4/h5-6,9H,7-8,10,16H2,1-4H3. The Morgan fingerprint density at radius 3 is 2.70 bits per heavy atom. The van der Waals surface area contributed by atoms with E-state index in [9.17, 15) is 4.79 Å². The van der Waals surface area contributed by atoms with Crippen LogP contribution in [0.25, 0.3) is 0 Å². The van der Waals surface area contributed by atoms with Crippen molar-refractivity contribution in [3.8, 4) is 0 Å². The molecule has 1 aliphatic rings. The van der Waals surface area contributed by atoms with E-state index in [1.54, 1.807) is 25.1 Å². The van der Waals surface area contributed by atoms with Gasteiger partial charge in [0.2, 0.25) is 0 Å². The zero-order valence-electron chi connectivity index (χ0n) is 12.6. The second-order valence-electron chi connectivity index (χ2n) is 6.01. The zero-order valence-corrected chi connectivity index (χ0v) is 13.5. The van der Waals surface area contributed by atoms with Crippen LogP contribution in [0.4, 0.5) is 11.4 Å². The molecule has 1 aromatic rings. The Morgan fingerprint density at radius 2 is 2.10 bits per heavy atom. The number of nitrogens with zero attached hydrogens (tertiary/aromatic N) is 2. The lowest BCUT2D eigenvalue weighted by atomic mass is 10.1. The number of anilines is 2. The summed E-state index contributed by atoms with van der Waals surface area (Å²) in [6.45, 7) is 6.35. The van der Waals surface area contributed by atoms with E-state index in [2.05, 4.69) is 18.7 Å². The van der Waals surface area contributed by atoms with Gasteiger partial charge in [-0.15, -0.1) is 0 Å². The predicted octanol–water partition coefficient (Wildman–Crippen LogP) is 2.30. The number of carbonyl (C=O) groups is 1. The van der Waals surface area contributed by atoms with Crippen LogP contribution in [-0.4, -0.2) is 48.5 Å². The second-order valence-corrected chi connectivity index (χ2v) is 7.81. The summed E-state index contributed by atoms with van der Waals surface area (Å²) < 4.78 is 0.196. The summed E-state index contributed by atoms with van der Waals surface area (Å²) in [7, 11) is 3.55. The summed E-state index contributed by atoms with van der Waals surface area (Å²) in [5.74, 6) is 1.09. The van der Waals surface area contributed by atoms with E-state index in [0.29, 0.717) is 5.69 Å². The number of thioether (sulfide) groups is 1. The predicted molar refractivity (Wildman–Crippen MR) is 87.6 cm³/mol. The van der Waals surface area contributed by atoms with Gasteiger partial charge in [0.15, 0.2) is 0 Å². The maximum absolute atomic E-state index is 12.3. The van der Waals surface area contributed by atoms with Crippen molar-refractivity contribution in [1.82, 2.24) is 4.90 Å². The van der Waals surface area contributed by atoms with Crippen molar-refractivity contribution < 1.29 is 4.79 Å². The molecule has 0 unspecified atom stereocenters. The van der Waals surface area contributed by atoms with Crippen LogP contribution in [0.1, 0.15) is 24.2 Å². The lowest BCUT2D eigenvalue weighted by Crippen LogP contribution is -2.44. The molecule has 1 amide bonds. The van der Waals surface area contributed by atoms with Crippen LogP contribution in [0.5, 0.6) is 0 Å². The molecule has 0 spiro atoms. The molecule has 110 valence electrons. The molecule has 0 aliphatic carbocycles. The normalized spacial score (nSPS) is 17.9. The monoisotopic (exact) mass is 293 g/mol. The first-order chi connectivity index (χ1) is 9.30. The number of carbonyl (C=O) groups excluding carboxylic acids is 1. The molecule has 1 aliphatic heterocycles. The third-order valence-electron chi connectivity index (χ3n) is 3.42. The van der Waals surface area contributed by atoms with Crippen LogP contribution < -0.4 is 10.6 Å². The summed E-state index contributed by atoms with van der Waals surface area (Å²) in [5, 5.41) is 0. The van der Waals surface area contributed by atoms with Crippen LogP contribution in [-0.2, 0) is 0 Å². The van der Waals surface area contributed by atoms with Gasteiger partial charge in [-0.2, -0.15) is 11.8 Å². The average Bonchev–Trinajstić information content (AvgIpc) is 2.36. The van der Waals surface area contributed by atoms with Crippen LogP contribution in [0.3, 0.4) is 0 Å². The largest absolute Gasteiger partial charge is 0.399 e. The van der Waals surface area contributed by atoms with Gasteiger partial charge in [0.1, 0.15) is 0 Å². The Hall–Kier alpha value is -1.36. The van der Waals surface area contributed by atoms with E-state index in [1.807, 2.05) is 23.9 Å². The highest BCUT2D eigenvalue weighted by Gasteiger charge is 2.29. The van der Waals surface area contributed by atoms with Gasteiger partial charge in [-0.1, -0.05) is 0 Å². The van der Waals surface area contributed by atoms with Crippen molar-refractivity contribution in [1.29, 1.82) is 0 Å². The molecule has 1 saturated heterocycles. The van der Waals surface area contributed by atoms with E-state index in [-0.39, 0.29) is 10.7 Å². The van der Waals surface area contributed by atoms with Gasteiger partial charge < -0.3 is 15.5 Å². The molecule has 5 heteroatoms. The number of hydrogen-bond acceptors (Lipinski definition) is 4. The summed E-state index contributed by atoms with van der Waals surface area (Å²) in [6.07, 6.45) is 0. The summed E-state index contributed by atoms with van der Waals surface area (Å²) >= 11 is 1.98. The number of nitrogen functional groups attached to an aromatic ring is 1. The third-order valence-corrected chi connectivity index (χ3v) is 4.72. The van der Waals surface area contributed by atoms with E-state index in [0.717, 1.165) is 30.1 Å². The van der Waals surface area contributed by atoms with Gasteiger partial charge in [-0.05, 0) is 32.0 Å². The fraction of sp³-hybridized carbons (Fsp3) is 0.533. The van der Waals surface area contributed by atoms with E-state index < -0.39 is 0 Å². The molecule has 0 bridgehead atoms.